The van der Waals surface area contributed by atoms with Gasteiger partial charge < -0.3 is 24.4 Å². The van der Waals surface area contributed by atoms with E-state index >= 15 is 0 Å². The van der Waals surface area contributed by atoms with E-state index in [0.717, 1.165) is 5.56 Å². The predicted molar refractivity (Wildman–Crippen MR) is 102 cm³/mol. The molecule has 148 valence electrons. The third-order valence-corrected chi connectivity index (χ3v) is 6.64. The number of carbonyl (C=O) groups is 2. The van der Waals surface area contributed by atoms with Crippen LogP contribution in [0.25, 0.3) is 0 Å². The monoisotopic (exact) mass is 411 g/mol. The Morgan fingerprint density at radius 1 is 1.34 bits per heavy atom. The van der Waals surface area contributed by atoms with E-state index in [1.54, 1.807) is 16.5 Å². The van der Waals surface area contributed by atoms with Crippen molar-refractivity contribution in [2.75, 3.05) is 18.7 Å². The molecule has 2 unspecified atom stereocenters. The van der Waals surface area contributed by atoms with Gasteiger partial charge in [0.05, 0.1) is 24.5 Å². The van der Waals surface area contributed by atoms with Crippen LogP contribution in [0.15, 0.2) is 41.9 Å². The second-order valence-electron chi connectivity index (χ2n) is 7.61. The molecule has 5 heterocycles. The molecule has 6 rings (SSSR count). The van der Waals surface area contributed by atoms with Gasteiger partial charge in [-0.05, 0) is 17.7 Å². The second-order valence-corrected chi connectivity index (χ2v) is 8.50. The van der Waals surface area contributed by atoms with Gasteiger partial charge >= 0.3 is 0 Å². The van der Waals surface area contributed by atoms with Crippen LogP contribution in [0.5, 0.6) is 11.5 Å². The maximum atomic E-state index is 13.3. The summed E-state index contributed by atoms with van der Waals surface area (Å²) in [5, 5.41) is 5.14. The molecule has 1 aromatic heterocycles. The molecule has 4 aliphatic heterocycles. The number of anilines is 1. The molecule has 4 aliphatic rings. The number of hydrogen-bond donors (Lipinski definition) is 1. The fourth-order valence-corrected chi connectivity index (χ4v) is 5.28. The third kappa shape index (κ3) is 2.50. The van der Waals surface area contributed by atoms with Gasteiger partial charge in [-0.25, -0.2) is 4.98 Å². The molecule has 1 N–H and O–H groups in total. The SMILES string of the molecule is O=C(Nc1nccs1)C1C2C(=O)N(Cc3ccc4c(c3)OCO4)C[C@@]23C=C[C@@H]1O3. The fourth-order valence-electron chi connectivity index (χ4n) is 4.75. The number of aromatic nitrogens is 1. The summed E-state index contributed by atoms with van der Waals surface area (Å²) in [7, 11) is 0. The van der Waals surface area contributed by atoms with E-state index in [-0.39, 0.29) is 24.7 Å². The van der Waals surface area contributed by atoms with Gasteiger partial charge in [-0.15, -0.1) is 11.3 Å². The molecule has 9 heteroatoms. The molecule has 0 saturated carbocycles. The van der Waals surface area contributed by atoms with Crippen LogP contribution in [0, 0.1) is 11.8 Å². The Hall–Kier alpha value is -2.91. The lowest BCUT2D eigenvalue weighted by atomic mass is 9.77. The number of nitrogens with zero attached hydrogens (tertiary/aromatic N) is 2. The van der Waals surface area contributed by atoms with Gasteiger partial charge in [0.2, 0.25) is 18.6 Å². The molecule has 0 radical (unpaired) electrons. The van der Waals surface area contributed by atoms with Crippen LogP contribution in [0.3, 0.4) is 0 Å². The Morgan fingerprint density at radius 2 is 2.24 bits per heavy atom. The van der Waals surface area contributed by atoms with Gasteiger partial charge in [0.1, 0.15) is 5.60 Å². The molecular formula is C20H17N3O5S. The highest BCUT2D eigenvalue weighted by Crippen LogP contribution is 2.52. The zero-order chi connectivity index (χ0) is 19.6. The highest BCUT2D eigenvalue weighted by Gasteiger charge is 2.66. The van der Waals surface area contributed by atoms with E-state index in [2.05, 4.69) is 10.3 Å². The molecule has 0 aliphatic carbocycles. The maximum Gasteiger partial charge on any atom is 0.233 e. The normalized spacial score (nSPS) is 30.8. The second kappa shape index (κ2) is 6.04. The van der Waals surface area contributed by atoms with Gasteiger partial charge in [-0.2, -0.15) is 0 Å². The number of amides is 2. The van der Waals surface area contributed by atoms with Gasteiger partial charge in [0.15, 0.2) is 16.6 Å². The highest BCUT2D eigenvalue weighted by molar-refractivity contribution is 7.13. The van der Waals surface area contributed by atoms with Crippen molar-refractivity contribution < 1.29 is 23.8 Å². The van der Waals surface area contributed by atoms with E-state index in [4.69, 9.17) is 14.2 Å². The molecule has 8 nitrogen and oxygen atoms in total. The number of benzene rings is 1. The predicted octanol–water partition coefficient (Wildman–Crippen LogP) is 1.79. The molecule has 2 bridgehead atoms. The van der Waals surface area contributed by atoms with Gasteiger partial charge in [0, 0.05) is 18.1 Å². The summed E-state index contributed by atoms with van der Waals surface area (Å²) >= 11 is 1.35. The van der Waals surface area contributed by atoms with Crippen molar-refractivity contribution in [1.29, 1.82) is 0 Å². The first-order valence-electron chi connectivity index (χ1n) is 9.38. The zero-order valence-electron chi connectivity index (χ0n) is 15.2. The van der Waals surface area contributed by atoms with E-state index in [1.165, 1.54) is 11.3 Å². The van der Waals surface area contributed by atoms with Crippen LogP contribution in [0.4, 0.5) is 5.13 Å². The largest absolute Gasteiger partial charge is 0.454 e. The number of carbonyl (C=O) groups excluding carboxylic acids is 2. The third-order valence-electron chi connectivity index (χ3n) is 5.95. The van der Waals surface area contributed by atoms with Crippen LogP contribution in [-0.4, -0.2) is 46.7 Å². The quantitative estimate of drug-likeness (QED) is 0.772. The molecular weight excluding hydrogens is 394 g/mol. The summed E-state index contributed by atoms with van der Waals surface area (Å²) in [6.07, 6.45) is 5.11. The van der Waals surface area contributed by atoms with Crippen molar-refractivity contribution >= 4 is 28.3 Å². The minimum atomic E-state index is -0.733. The number of likely N-dealkylation sites (tertiary alicyclic amines) is 1. The molecule has 1 aromatic carbocycles. The number of rotatable bonds is 4. The Balaban J connectivity index is 1.25. The standard InChI is InChI=1S/C20H17N3O5S/c24-17(22-19-21-5-6-29-19)15-13-3-4-20(28-13)9-23(18(25)16(15)20)8-11-1-2-12-14(7-11)27-10-26-12/h1-7,13,15-16H,8-10H2,(H,21,22,24)/t13-,15?,16?,20-/m0/s1. The van der Waals surface area contributed by atoms with Gasteiger partial charge in [-0.1, -0.05) is 18.2 Å². The summed E-state index contributed by atoms with van der Waals surface area (Å²) in [5.41, 5.74) is 0.212. The van der Waals surface area contributed by atoms with Crippen molar-refractivity contribution in [3.63, 3.8) is 0 Å². The van der Waals surface area contributed by atoms with Crippen LogP contribution >= 0.6 is 11.3 Å². The molecule has 4 atom stereocenters. The minimum absolute atomic E-state index is 0.0613. The summed E-state index contributed by atoms with van der Waals surface area (Å²) in [4.78, 5) is 32.1. The number of fused-ring (bicyclic) bond motifs is 2. The minimum Gasteiger partial charge on any atom is -0.454 e. The van der Waals surface area contributed by atoms with Crippen LogP contribution in [0.2, 0.25) is 0 Å². The molecule has 2 saturated heterocycles. The lowest BCUT2D eigenvalue weighted by Crippen LogP contribution is -2.41. The van der Waals surface area contributed by atoms with Crippen LogP contribution < -0.4 is 14.8 Å². The number of ether oxygens (including phenoxy) is 3. The van der Waals surface area contributed by atoms with Crippen LogP contribution in [-0.2, 0) is 20.9 Å². The first kappa shape index (κ1) is 17.0. The first-order chi connectivity index (χ1) is 14.1. The maximum absolute atomic E-state index is 13.3. The number of hydrogen-bond acceptors (Lipinski definition) is 7. The van der Waals surface area contributed by atoms with Crippen LogP contribution in [0.1, 0.15) is 5.56 Å². The van der Waals surface area contributed by atoms with E-state index < -0.39 is 17.4 Å². The Labute approximate surface area is 170 Å². The average Bonchev–Trinajstić information content (AvgIpc) is 3.50. The molecule has 2 amide bonds. The molecule has 2 fully saturated rings. The van der Waals surface area contributed by atoms with Gasteiger partial charge in [-0.3, -0.25) is 9.59 Å². The Kier molecular flexibility index (Phi) is 3.54. The average molecular weight is 411 g/mol. The lowest BCUT2D eigenvalue weighted by Gasteiger charge is -2.23. The Morgan fingerprint density at radius 3 is 3.10 bits per heavy atom. The number of thiazole rings is 1. The highest BCUT2D eigenvalue weighted by atomic mass is 32.1. The smallest absolute Gasteiger partial charge is 0.233 e. The first-order valence-corrected chi connectivity index (χ1v) is 10.3. The summed E-state index contributed by atoms with van der Waals surface area (Å²) in [5.74, 6) is 0.0314. The number of nitrogens with one attached hydrogen (secondary N) is 1. The summed E-state index contributed by atoms with van der Waals surface area (Å²) in [6.45, 7) is 1.07. The molecule has 1 spiro atoms. The summed E-state index contributed by atoms with van der Waals surface area (Å²) < 4.78 is 16.9. The van der Waals surface area contributed by atoms with Crippen molar-refractivity contribution in [2.24, 2.45) is 11.8 Å². The fraction of sp³-hybridized carbons (Fsp3) is 0.350. The van der Waals surface area contributed by atoms with E-state index in [9.17, 15) is 9.59 Å². The van der Waals surface area contributed by atoms with Crippen molar-refractivity contribution in [3.8, 4) is 11.5 Å². The van der Waals surface area contributed by atoms with Crippen molar-refractivity contribution in [2.45, 2.75) is 18.2 Å². The topological polar surface area (TPSA) is 90.0 Å². The van der Waals surface area contributed by atoms with Crippen molar-refractivity contribution in [3.05, 3.63) is 47.5 Å². The lowest BCUT2D eigenvalue weighted by molar-refractivity contribution is -0.136. The molecule has 2 aromatic rings. The molecule has 29 heavy (non-hydrogen) atoms. The van der Waals surface area contributed by atoms with Crippen molar-refractivity contribution in [1.82, 2.24) is 9.88 Å². The van der Waals surface area contributed by atoms with E-state index in [1.807, 2.05) is 30.4 Å². The zero-order valence-corrected chi connectivity index (χ0v) is 16.1. The Bertz CT molecular complexity index is 1040. The summed E-state index contributed by atoms with van der Waals surface area (Å²) in [6, 6.07) is 5.67. The van der Waals surface area contributed by atoms with Gasteiger partial charge in [0.25, 0.3) is 0 Å². The van der Waals surface area contributed by atoms with E-state index in [0.29, 0.717) is 29.7 Å².